The summed E-state index contributed by atoms with van der Waals surface area (Å²) >= 11 is 1.83. The maximum atomic E-state index is 12.8. The average molecular weight is 363 g/mol. The molecule has 1 aromatic heterocycles. The number of thioether (sulfide) groups is 1. The molecule has 25 heavy (non-hydrogen) atoms. The molecule has 1 fully saturated rings. The molecule has 1 aliphatic rings. The molecule has 1 unspecified atom stereocenters. The molecule has 0 radical (unpaired) electrons. The van der Waals surface area contributed by atoms with Gasteiger partial charge in [0.15, 0.2) is 0 Å². The van der Waals surface area contributed by atoms with Crippen LogP contribution in [0.15, 0.2) is 48.7 Å². The fraction of sp³-hybridized carbons (Fsp3) is 0.278. The van der Waals surface area contributed by atoms with Gasteiger partial charge in [-0.3, -0.25) is 5.10 Å². The van der Waals surface area contributed by atoms with Crippen molar-refractivity contribution >= 4 is 28.4 Å². The molecule has 7 heteroatoms. The van der Waals surface area contributed by atoms with Gasteiger partial charge in [-0.15, -0.1) is 0 Å². The van der Waals surface area contributed by atoms with E-state index in [1.165, 1.54) is 12.1 Å². The SMILES string of the molecule is FC(F)(F)c1ccc(C2CSCCN2c2ccc3cn[nH]c3c2)cc1. The Morgan fingerprint density at radius 1 is 1.12 bits per heavy atom. The molecule has 3 aromatic rings. The summed E-state index contributed by atoms with van der Waals surface area (Å²) < 4.78 is 38.4. The molecule has 4 rings (SSSR count). The van der Waals surface area contributed by atoms with E-state index in [1.807, 2.05) is 23.9 Å². The Hall–Kier alpha value is -2.15. The number of halogens is 3. The molecule has 1 aliphatic heterocycles. The maximum Gasteiger partial charge on any atom is 0.416 e. The summed E-state index contributed by atoms with van der Waals surface area (Å²) in [6.45, 7) is 0.857. The summed E-state index contributed by atoms with van der Waals surface area (Å²) in [5.74, 6) is 1.85. The van der Waals surface area contributed by atoms with Gasteiger partial charge < -0.3 is 4.90 Å². The van der Waals surface area contributed by atoms with Crippen molar-refractivity contribution in [3.63, 3.8) is 0 Å². The normalized spacial score (nSPS) is 18.7. The molecule has 3 nitrogen and oxygen atoms in total. The van der Waals surface area contributed by atoms with E-state index in [0.29, 0.717) is 0 Å². The van der Waals surface area contributed by atoms with Crippen LogP contribution in [0.5, 0.6) is 0 Å². The van der Waals surface area contributed by atoms with Gasteiger partial charge in [-0.25, -0.2) is 0 Å². The minimum Gasteiger partial charge on any atom is -0.363 e. The standard InChI is InChI=1S/C18H16F3N3S/c19-18(20,21)14-4-1-12(2-5-14)17-11-25-8-7-24(17)15-6-3-13-10-22-23-16(13)9-15/h1-6,9-10,17H,7-8,11H2,(H,22,23). The van der Waals surface area contributed by atoms with Crippen molar-refractivity contribution in [2.75, 3.05) is 23.0 Å². The van der Waals surface area contributed by atoms with Gasteiger partial charge in [0.1, 0.15) is 0 Å². The topological polar surface area (TPSA) is 31.9 Å². The molecule has 1 saturated heterocycles. The summed E-state index contributed by atoms with van der Waals surface area (Å²) in [6, 6.07) is 11.7. The Morgan fingerprint density at radius 3 is 2.68 bits per heavy atom. The maximum absolute atomic E-state index is 12.8. The lowest BCUT2D eigenvalue weighted by Crippen LogP contribution is -2.36. The van der Waals surface area contributed by atoms with Crippen molar-refractivity contribution in [3.05, 3.63) is 59.8 Å². The molecular formula is C18H16F3N3S. The number of aromatic nitrogens is 2. The Kier molecular flexibility index (Phi) is 4.11. The predicted molar refractivity (Wildman–Crippen MR) is 94.9 cm³/mol. The van der Waals surface area contributed by atoms with Crippen LogP contribution in [0.3, 0.4) is 0 Å². The van der Waals surface area contributed by atoms with Gasteiger partial charge in [0.05, 0.1) is 23.3 Å². The smallest absolute Gasteiger partial charge is 0.363 e. The molecule has 0 spiro atoms. The van der Waals surface area contributed by atoms with Crippen molar-refractivity contribution in [1.29, 1.82) is 0 Å². The first-order chi connectivity index (χ1) is 12.0. The zero-order valence-electron chi connectivity index (χ0n) is 13.3. The number of fused-ring (bicyclic) bond motifs is 1. The van der Waals surface area contributed by atoms with Crippen molar-refractivity contribution in [2.45, 2.75) is 12.2 Å². The van der Waals surface area contributed by atoms with Crippen molar-refractivity contribution in [2.24, 2.45) is 0 Å². The molecule has 2 heterocycles. The number of anilines is 1. The molecule has 2 aromatic carbocycles. The number of rotatable bonds is 2. The van der Waals surface area contributed by atoms with E-state index in [1.54, 1.807) is 18.3 Å². The highest BCUT2D eigenvalue weighted by atomic mass is 32.2. The second-order valence-electron chi connectivity index (χ2n) is 6.05. The summed E-state index contributed by atoms with van der Waals surface area (Å²) in [5, 5.41) is 8.06. The molecule has 0 saturated carbocycles. The van der Waals surface area contributed by atoms with E-state index in [4.69, 9.17) is 0 Å². The Balaban J connectivity index is 1.66. The lowest BCUT2D eigenvalue weighted by Gasteiger charge is -2.37. The first kappa shape index (κ1) is 16.3. The number of alkyl halides is 3. The number of nitrogens with one attached hydrogen (secondary N) is 1. The molecule has 1 atom stereocenters. The van der Waals surface area contributed by atoms with Crippen molar-refractivity contribution in [3.8, 4) is 0 Å². The largest absolute Gasteiger partial charge is 0.416 e. The van der Waals surface area contributed by atoms with Crippen LogP contribution >= 0.6 is 11.8 Å². The predicted octanol–water partition coefficient (Wildman–Crippen LogP) is 4.88. The van der Waals surface area contributed by atoms with Gasteiger partial charge in [0.25, 0.3) is 0 Å². The van der Waals surface area contributed by atoms with E-state index >= 15 is 0 Å². The summed E-state index contributed by atoms with van der Waals surface area (Å²) in [7, 11) is 0. The monoisotopic (exact) mass is 363 g/mol. The quantitative estimate of drug-likeness (QED) is 0.704. The number of nitrogens with zero attached hydrogens (tertiary/aromatic N) is 2. The Bertz CT molecular complexity index is 873. The summed E-state index contributed by atoms with van der Waals surface area (Å²) in [5.41, 5.74) is 2.32. The van der Waals surface area contributed by atoms with Crippen LogP contribution in [0.1, 0.15) is 17.2 Å². The van der Waals surface area contributed by atoms with Gasteiger partial charge in [0, 0.05) is 29.1 Å². The van der Waals surface area contributed by atoms with Crippen LogP contribution in [0, 0.1) is 0 Å². The number of benzene rings is 2. The van der Waals surface area contributed by atoms with Gasteiger partial charge in [-0.2, -0.15) is 30.0 Å². The van der Waals surface area contributed by atoms with Crippen LogP contribution < -0.4 is 4.90 Å². The average Bonchev–Trinajstić information content (AvgIpc) is 3.09. The zero-order valence-corrected chi connectivity index (χ0v) is 14.1. The third-order valence-corrected chi connectivity index (χ3v) is 5.53. The van der Waals surface area contributed by atoms with Gasteiger partial charge in [-0.1, -0.05) is 12.1 Å². The van der Waals surface area contributed by atoms with Crippen LogP contribution in [0.25, 0.3) is 10.9 Å². The number of hydrogen-bond donors (Lipinski definition) is 1. The van der Waals surface area contributed by atoms with Gasteiger partial charge in [0.2, 0.25) is 0 Å². The lowest BCUT2D eigenvalue weighted by molar-refractivity contribution is -0.137. The van der Waals surface area contributed by atoms with E-state index < -0.39 is 11.7 Å². The third kappa shape index (κ3) is 3.20. The van der Waals surface area contributed by atoms with Gasteiger partial charge in [-0.05, 0) is 35.9 Å². The third-order valence-electron chi connectivity index (χ3n) is 4.51. The molecule has 0 bridgehead atoms. The first-order valence-electron chi connectivity index (χ1n) is 7.97. The highest BCUT2D eigenvalue weighted by molar-refractivity contribution is 7.99. The highest BCUT2D eigenvalue weighted by Gasteiger charge is 2.31. The van der Waals surface area contributed by atoms with E-state index in [2.05, 4.69) is 21.2 Å². The second-order valence-corrected chi connectivity index (χ2v) is 7.20. The minimum atomic E-state index is -4.30. The molecular weight excluding hydrogens is 347 g/mol. The minimum absolute atomic E-state index is 0.0569. The highest BCUT2D eigenvalue weighted by Crippen LogP contribution is 2.36. The second kappa shape index (κ2) is 6.29. The van der Waals surface area contributed by atoms with Crippen molar-refractivity contribution < 1.29 is 13.2 Å². The Morgan fingerprint density at radius 2 is 1.92 bits per heavy atom. The number of hydrogen-bond acceptors (Lipinski definition) is 3. The fourth-order valence-corrected chi connectivity index (χ4v) is 4.27. The number of aromatic amines is 1. The molecule has 0 amide bonds. The zero-order chi connectivity index (χ0) is 17.4. The Labute approximate surface area is 147 Å². The lowest BCUT2D eigenvalue weighted by atomic mass is 10.0. The van der Waals surface area contributed by atoms with Gasteiger partial charge >= 0.3 is 6.18 Å². The molecule has 1 N–H and O–H groups in total. The number of H-pyrrole nitrogens is 1. The molecule has 0 aliphatic carbocycles. The summed E-state index contributed by atoms with van der Waals surface area (Å²) in [4.78, 5) is 2.26. The summed E-state index contributed by atoms with van der Waals surface area (Å²) in [6.07, 6.45) is -2.52. The van der Waals surface area contributed by atoms with Crippen LogP contribution in [-0.4, -0.2) is 28.2 Å². The van der Waals surface area contributed by atoms with E-state index in [-0.39, 0.29) is 6.04 Å². The first-order valence-corrected chi connectivity index (χ1v) is 9.12. The van der Waals surface area contributed by atoms with Crippen LogP contribution in [-0.2, 0) is 6.18 Å². The van der Waals surface area contributed by atoms with Crippen LogP contribution in [0.4, 0.5) is 18.9 Å². The van der Waals surface area contributed by atoms with E-state index in [0.717, 1.165) is 40.2 Å². The fourth-order valence-electron chi connectivity index (χ4n) is 3.19. The van der Waals surface area contributed by atoms with Crippen LogP contribution in [0.2, 0.25) is 0 Å². The van der Waals surface area contributed by atoms with E-state index in [9.17, 15) is 13.2 Å². The van der Waals surface area contributed by atoms with Crippen molar-refractivity contribution in [1.82, 2.24) is 10.2 Å². The molecule has 130 valence electrons.